The van der Waals surface area contributed by atoms with E-state index in [1.807, 2.05) is 26.0 Å². The third-order valence-corrected chi connectivity index (χ3v) is 4.79. The Balaban J connectivity index is 2.15. The van der Waals surface area contributed by atoms with E-state index in [4.69, 9.17) is 4.74 Å². The largest absolute Gasteiger partial charge is 0.484 e. The van der Waals surface area contributed by atoms with Gasteiger partial charge in [0.1, 0.15) is 17.6 Å². The van der Waals surface area contributed by atoms with Gasteiger partial charge in [-0.05, 0) is 73.7 Å². The van der Waals surface area contributed by atoms with Crippen LogP contribution in [0.1, 0.15) is 26.3 Å². The number of rotatable bonds is 8. The average Bonchev–Trinajstić information content (AvgIpc) is 2.65. The molecule has 7 heteroatoms. The van der Waals surface area contributed by atoms with Crippen LogP contribution in [-0.4, -0.2) is 35.4 Å². The number of carbonyl (C=O) groups is 2. The molecule has 0 fully saturated rings. The van der Waals surface area contributed by atoms with Crippen molar-refractivity contribution in [3.05, 3.63) is 63.5 Å². The molecule has 2 amide bonds. The van der Waals surface area contributed by atoms with Crippen molar-refractivity contribution in [2.75, 3.05) is 6.61 Å². The molecule has 0 saturated heterocycles. The lowest BCUT2D eigenvalue weighted by atomic mass is 10.1. The molecule has 0 saturated carbocycles. The molecule has 5 nitrogen and oxygen atoms in total. The van der Waals surface area contributed by atoms with Crippen LogP contribution >= 0.6 is 22.6 Å². The summed E-state index contributed by atoms with van der Waals surface area (Å²) in [4.78, 5) is 26.6. The first-order valence-corrected chi connectivity index (χ1v) is 10.1. The molecule has 0 heterocycles. The lowest BCUT2D eigenvalue weighted by Crippen LogP contribution is -2.50. The Morgan fingerprint density at radius 2 is 1.75 bits per heavy atom. The zero-order valence-electron chi connectivity index (χ0n) is 16.1. The Morgan fingerprint density at radius 3 is 2.36 bits per heavy atom. The summed E-state index contributed by atoms with van der Waals surface area (Å²) in [5, 5.41) is 2.79. The maximum atomic E-state index is 14.1. The van der Waals surface area contributed by atoms with E-state index in [0.717, 1.165) is 3.57 Å². The van der Waals surface area contributed by atoms with Gasteiger partial charge in [0, 0.05) is 21.7 Å². The maximum absolute atomic E-state index is 14.1. The maximum Gasteiger partial charge on any atom is 0.261 e. The minimum absolute atomic E-state index is 0.0196. The Bertz CT molecular complexity index is 812. The van der Waals surface area contributed by atoms with E-state index in [1.54, 1.807) is 37.3 Å². The Morgan fingerprint density at radius 1 is 1.11 bits per heavy atom. The third kappa shape index (κ3) is 6.47. The van der Waals surface area contributed by atoms with E-state index in [0.29, 0.717) is 11.3 Å². The monoisotopic (exact) mass is 498 g/mol. The quantitative estimate of drug-likeness (QED) is 0.565. The summed E-state index contributed by atoms with van der Waals surface area (Å²) in [5.74, 6) is -0.559. The summed E-state index contributed by atoms with van der Waals surface area (Å²) in [5.41, 5.74) is 0.342. The first kappa shape index (κ1) is 22.1. The van der Waals surface area contributed by atoms with Gasteiger partial charge in [0.15, 0.2) is 6.61 Å². The molecule has 28 heavy (non-hydrogen) atoms. The highest BCUT2D eigenvalue weighted by atomic mass is 127. The second kappa shape index (κ2) is 10.4. The first-order valence-electron chi connectivity index (χ1n) is 8.99. The van der Waals surface area contributed by atoms with Crippen molar-refractivity contribution in [2.24, 2.45) is 0 Å². The van der Waals surface area contributed by atoms with Crippen LogP contribution < -0.4 is 10.1 Å². The van der Waals surface area contributed by atoms with Crippen LogP contribution in [0, 0.1) is 9.39 Å². The molecule has 1 atom stereocenters. The topological polar surface area (TPSA) is 58.6 Å². The molecule has 0 aromatic heterocycles. The summed E-state index contributed by atoms with van der Waals surface area (Å²) < 4.78 is 20.7. The summed E-state index contributed by atoms with van der Waals surface area (Å²) in [6, 6.07) is 12.7. The number of amides is 2. The van der Waals surface area contributed by atoms with E-state index in [9.17, 15) is 14.0 Å². The van der Waals surface area contributed by atoms with Crippen LogP contribution in [-0.2, 0) is 16.1 Å². The fourth-order valence-corrected chi connectivity index (χ4v) is 2.92. The van der Waals surface area contributed by atoms with Crippen molar-refractivity contribution in [1.29, 1.82) is 0 Å². The molecule has 0 bridgehead atoms. The van der Waals surface area contributed by atoms with Crippen LogP contribution in [0.5, 0.6) is 5.75 Å². The van der Waals surface area contributed by atoms with Crippen molar-refractivity contribution >= 4 is 34.4 Å². The molecule has 1 N–H and O–H groups in total. The van der Waals surface area contributed by atoms with E-state index in [2.05, 4.69) is 27.9 Å². The molecule has 150 valence electrons. The minimum atomic E-state index is -0.769. The molecular weight excluding hydrogens is 474 g/mol. The molecule has 0 unspecified atom stereocenters. The number of nitrogens with one attached hydrogen (secondary N) is 1. The lowest BCUT2D eigenvalue weighted by molar-refractivity contribution is -0.142. The van der Waals surface area contributed by atoms with Gasteiger partial charge in [-0.25, -0.2) is 4.39 Å². The molecule has 0 aliphatic rings. The molecule has 2 rings (SSSR count). The minimum Gasteiger partial charge on any atom is -0.484 e. The van der Waals surface area contributed by atoms with Crippen molar-refractivity contribution in [1.82, 2.24) is 10.2 Å². The molecule has 0 aliphatic carbocycles. The zero-order chi connectivity index (χ0) is 20.7. The average molecular weight is 498 g/mol. The van der Waals surface area contributed by atoms with Crippen LogP contribution in [0.25, 0.3) is 0 Å². The molecule has 0 aliphatic heterocycles. The lowest BCUT2D eigenvalue weighted by Gasteiger charge is -2.29. The number of carbonyl (C=O) groups excluding carboxylic acids is 2. The molecule has 2 aromatic rings. The number of hydrogen-bond acceptors (Lipinski definition) is 3. The van der Waals surface area contributed by atoms with Crippen LogP contribution in [0.3, 0.4) is 0 Å². The zero-order valence-corrected chi connectivity index (χ0v) is 18.3. The van der Waals surface area contributed by atoms with Gasteiger partial charge in [-0.2, -0.15) is 0 Å². The van der Waals surface area contributed by atoms with Gasteiger partial charge in [0.25, 0.3) is 5.91 Å². The van der Waals surface area contributed by atoms with E-state index in [1.165, 1.54) is 11.0 Å². The molecule has 0 spiro atoms. The van der Waals surface area contributed by atoms with Gasteiger partial charge in [0.05, 0.1) is 0 Å². The number of halogens is 2. The normalized spacial score (nSPS) is 11.8. The summed E-state index contributed by atoms with van der Waals surface area (Å²) in [6.07, 6.45) is 0. The van der Waals surface area contributed by atoms with Crippen LogP contribution in [0.2, 0.25) is 0 Å². The number of nitrogens with zero attached hydrogens (tertiary/aromatic N) is 1. The number of ether oxygens (including phenoxy) is 1. The molecule has 2 aromatic carbocycles. The van der Waals surface area contributed by atoms with Gasteiger partial charge in [0.2, 0.25) is 5.91 Å². The Kier molecular flexibility index (Phi) is 8.22. The highest BCUT2D eigenvalue weighted by molar-refractivity contribution is 14.1. The summed E-state index contributed by atoms with van der Waals surface area (Å²) >= 11 is 2.18. The van der Waals surface area contributed by atoms with Gasteiger partial charge < -0.3 is 15.0 Å². The van der Waals surface area contributed by atoms with E-state index < -0.39 is 17.8 Å². The van der Waals surface area contributed by atoms with Gasteiger partial charge in [-0.15, -0.1) is 0 Å². The van der Waals surface area contributed by atoms with E-state index in [-0.39, 0.29) is 25.1 Å². The Labute approximate surface area is 178 Å². The fourth-order valence-electron chi connectivity index (χ4n) is 2.56. The van der Waals surface area contributed by atoms with Crippen molar-refractivity contribution in [3.63, 3.8) is 0 Å². The fraction of sp³-hybridized carbons (Fsp3) is 0.333. The molecule has 0 radical (unpaired) electrons. The van der Waals surface area contributed by atoms with Gasteiger partial charge >= 0.3 is 0 Å². The molecular formula is C21H24FIN2O3. The van der Waals surface area contributed by atoms with Crippen LogP contribution in [0.4, 0.5) is 4.39 Å². The predicted octanol–water partition coefficient (Wildman–Crippen LogP) is 3.75. The van der Waals surface area contributed by atoms with Crippen molar-refractivity contribution < 1.29 is 18.7 Å². The SMILES string of the molecule is CC(C)NC(=O)[C@@H](C)N(Cc1ccccc1F)C(=O)COc1ccc(I)cc1. The number of benzene rings is 2. The highest BCUT2D eigenvalue weighted by Crippen LogP contribution is 2.16. The first-order chi connectivity index (χ1) is 13.3. The summed E-state index contributed by atoms with van der Waals surface area (Å²) in [7, 11) is 0. The highest BCUT2D eigenvalue weighted by Gasteiger charge is 2.27. The number of hydrogen-bond donors (Lipinski definition) is 1. The van der Waals surface area contributed by atoms with Crippen LogP contribution in [0.15, 0.2) is 48.5 Å². The van der Waals surface area contributed by atoms with Gasteiger partial charge in [-0.1, -0.05) is 18.2 Å². The second-order valence-electron chi connectivity index (χ2n) is 6.69. The van der Waals surface area contributed by atoms with Gasteiger partial charge in [-0.3, -0.25) is 9.59 Å². The summed E-state index contributed by atoms with van der Waals surface area (Å²) in [6.45, 7) is 5.05. The van der Waals surface area contributed by atoms with Crippen molar-refractivity contribution in [3.8, 4) is 5.75 Å². The standard InChI is InChI=1S/C21H24FIN2O3/c1-14(2)24-21(27)15(3)25(12-16-6-4-5-7-19(16)22)20(26)13-28-18-10-8-17(23)9-11-18/h4-11,14-15H,12-13H2,1-3H3,(H,24,27)/t15-/m1/s1. The second-order valence-corrected chi connectivity index (χ2v) is 7.94. The predicted molar refractivity (Wildman–Crippen MR) is 114 cm³/mol. The Hall–Kier alpha value is -2.16. The third-order valence-electron chi connectivity index (χ3n) is 4.07. The van der Waals surface area contributed by atoms with Crippen molar-refractivity contribution in [2.45, 2.75) is 39.4 Å². The smallest absolute Gasteiger partial charge is 0.261 e. The van der Waals surface area contributed by atoms with E-state index >= 15 is 0 Å².